The molecule has 3 atom stereocenters. The summed E-state index contributed by atoms with van der Waals surface area (Å²) in [6, 6.07) is 2.77. The minimum Gasteiger partial charge on any atom is -0.469 e. The van der Waals surface area contributed by atoms with Gasteiger partial charge in [-0.3, -0.25) is 10.1 Å². The highest BCUT2D eigenvalue weighted by Gasteiger charge is 2.56. The van der Waals surface area contributed by atoms with E-state index in [0.717, 1.165) is 14.5 Å². The van der Waals surface area contributed by atoms with E-state index in [2.05, 4.69) is 42.5 Å². The first-order valence-corrected chi connectivity index (χ1v) is 7.79. The van der Waals surface area contributed by atoms with Gasteiger partial charge in [-0.2, -0.15) is 0 Å². The van der Waals surface area contributed by atoms with Crippen LogP contribution in [0.2, 0.25) is 0 Å². The molecule has 1 aromatic carbocycles. The highest BCUT2D eigenvalue weighted by Crippen LogP contribution is 2.48. The zero-order valence-corrected chi connectivity index (χ0v) is 14.4. The Balaban J connectivity index is 2.20. The molecule has 0 radical (unpaired) electrons. The largest absolute Gasteiger partial charge is 0.469 e. The second kappa shape index (κ2) is 4.88. The minimum absolute atomic E-state index is 0.385. The molecule has 2 amide bonds. The molecule has 21 heavy (non-hydrogen) atoms. The third-order valence-corrected chi connectivity index (χ3v) is 4.76. The molecular weight excluding hydrogens is 408 g/mol. The smallest absolute Gasteiger partial charge is 0.318 e. The maximum absolute atomic E-state index is 12.2. The standard InChI is InChI=1S/C13H12Br2N2O4/c1-13-8(11(18)20-2)9(16-12(19)17-13)6-3-5(14)4-7(15)10(6)21-13/h3-4,8-9H,1-2H3,(H2,16,17,19). The van der Waals surface area contributed by atoms with Crippen LogP contribution in [0.5, 0.6) is 5.75 Å². The molecule has 3 unspecified atom stereocenters. The summed E-state index contributed by atoms with van der Waals surface area (Å²) >= 11 is 6.85. The molecule has 1 aromatic rings. The van der Waals surface area contributed by atoms with Gasteiger partial charge in [-0.25, -0.2) is 4.79 Å². The second-order valence-corrected chi connectivity index (χ2v) is 6.86. The zero-order valence-electron chi connectivity index (χ0n) is 11.2. The Hall–Kier alpha value is -1.28. The lowest BCUT2D eigenvalue weighted by Gasteiger charge is -2.49. The summed E-state index contributed by atoms with van der Waals surface area (Å²) in [4.78, 5) is 24.0. The minimum atomic E-state index is -1.16. The fraction of sp³-hybridized carbons (Fsp3) is 0.385. The van der Waals surface area contributed by atoms with Crippen LogP contribution in [-0.2, 0) is 9.53 Å². The number of carbonyl (C=O) groups excluding carboxylic acids is 2. The Kier molecular flexibility index (Phi) is 3.40. The SMILES string of the molecule is COC(=O)C1C2NC(=O)NC1(C)Oc1c(Br)cc(Br)cc12. The van der Waals surface area contributed by atoms with Gasteiger partial charge in [0.15, 0.2) is 5.72 Å². The van der Waals surface area contributed by atoms with Gasteiger partial charge in [-0.05, 0) is 35.0 Å². The molecule has 1 fully saturated rings. The van der Waals surface area contributed by atoms with Crippen LogP contribution in [0.15, 0.2) is 21.1 Å². The summed E-state index contributed by atoms with van der Waals surface area (Å²) in [6.07, 6.45) is 0. The highest BCUT2D eigenvalue weighted by molar-refractivity contribution is 9.11. The van der Waals surface area contributed by atoms with Crippen LogP contribution in [0.3, 0.4) is 0 Å². The number of esters is 1. The van der Waals surface area contributed by atoms with Crippen LogP contribution in [0.1, 0.15) is 18.5 Å². The first kappa shape index (κ1) is 14.6. The number of rotatable bonds is 1. The molecule has 3 rings (SSSR count). The van der Waals surface area contributed by atoms with Crippen LogP contribution >= 0.6 is 31.9 Å². The van der Waals surface area contributed by atoms with Crippen LogP contribution in [0, 0.1) is 5.92 Å². The average Bonchev–Trinajstić information content (AvgIpc) is 2.38. The number of fused-ring (bicyclic) bond motifs is 4. The number of benzene rings is 1. The number of hydrogen-bond donors (Lipinski definition) is 2. The Labute approximate surface area is 137 Å². The maximum atomic E-state index is 12.2. The molecule has 2 heterocycles. The van der Waals surface area contributed by atoms with Crippen molar-refractivity contribution < 1.29 is 19.1 Å². The van der Waals surface area contributed by atoms with E-state index in [9.17, 15) is 9.59 Å². The predicted octanol–water partition coefficient (Wildman–Crippen LogP) is 2.46. The lowest BCUT2D eigenvalue weighted by Crippen LogP contribution is -2.70. The summed E-state index contributed by atoms with van der Waals surface area (Å²) in [5.74, 6) is -0.538. The average molecular weight is 420 g/mol. The summed E-state index contributed by atoms with van der Waals surface area (Å²) in [7, 11) is 1.32. The number of hydrogen-bond acceptors (Lipinski definition) is 4. The fourth-order valence-corrected chi connectivity index (χ4v) is 4.19. The summed E-state index contributed by atoms with van der Waals surface area (Å²) < 4.78 is 12.4. The van der Waals surface area contributed by atoms with E-state index in [4.69, 9.17) is 9.47 Å². The molecule has 112 valence electrons. The van der Waals surface area contributed by atoms with Crippen molar-refractivity contribution in [3.63, 3.8) is 0 Å². The van der Waals surface area contributed by atoms with E-state index >= 15 is 0 Å². The van der Waals surface area contributed by atoms with Crippen LogP contribution in [-0.4, -0.2) is 24.8 Å². The van der Waals surface area contributed by atoms with E-state index in [1.165, 1.54) is 7.11 Å². The lowest BCUT2D eigenvalue weighted by molar-refractivity contribution is -0.160. The first-order chi connectivity index (χ1) is 9.85. The van der Waals surface area contributed by atoms with Crippen molar-refractivity contribution in [1.82, 2.24) is 10.6 Å². The Bertz CT molecular complexity index is 651. The third kappa shape index (κ3) is 2.20. The highest BCUT2D eigenvalue weighted by atomic mass is 79.9. The number of nitrogens with one attached hydrogen (secondary N) is 2. The number of methoxy groups -OCH3 is 1. The van der Waals surface area contributed by atoms with Crippen molar-refractivity contribution in [3.8, 4) is 5.75 Å². The van der Waals surface area contributed by atoms with Crippen molar-refractivity contribution >= 4 is 43.9 Å². The van der Waals surface area contributed by atoms with Crippen molar-refractivity contribution in [3.05, 3.63) is 26.6 Å². The van der Waals surface area contributed by atoms with Crippen LogP contribution in [0.4, 0.5) is 4.79 Å². The van der Waals surface area contributed by atoms with Gasteiger partial charge in [0.1, 0.15) is 11.7 Å². The van der Waals surface area contributed by atoms with Gasteiger partial charge in [-0.1, -0.05) is 15.9 Å². The van der Waals surface area contributed by atoms with Gasteiger partial charge in [0, 0.05) is 10.0 Å². The van der Waals surface area contributed by atoms with Crippen molar-refractivity contribution in [2.24, 2.45) is 5.92 Å². The quantitative estimate of drug-likeness (QED) is 0.685. The van der Waals surface area contributed by atoms with E-state index in [0.29, 0.717) is 5.75 Å². The number of halogens is 2. The molecule has 0 spiro atoms. The van der Waals surface area contributed by atoms with Gasteiger partial charge >= 0.3 is 12.0 Å². The van der Waals surface area contributed by atoms with Gasteiger partial charge in [0.05, 0.1) is 17.6 Å². The van der Waals surface area contributed by atoms with E-state index in [-0.39, 0.29) is 6.03 Å². The van der Waals surface area contributed by atoms with Gasteiger partial charge in [0.25, 0.3) is 0 Å². The van der Waals surface area contributed by atoms with E-state index in [1.807, 2.05) is 12.1 Å². The molecular formula is C13H12Br2N2O4. The third-order valence-electron chi connectivity index (χ3n) is 3.72. The molecule has 1 saturated heterocycles. The van der Waals surface area contributed by atoms with Gasteiger partial charge in [0.2, 0.25) is 0 Å². The number of ether oxygens (including phenoxy) is 2. The molecule has 6 nitrogen and oxygen atoms in total. The predicted molar refractivity (Wildman–Crippen MR) is 80.8 cm³/mol. The van der Waals surface area contributed by atoms with E-state index < -0.39 is 23.7 Å². The second-order valence-electron chi connectivity index (χ2n) is 5.09. The molecule has 2 N–H and O–H groups in total. The summed E-state index contributed by atoms with van der Waals surface area (Å²) in [5.41, 5.74) is -0.442. The molecule has 0 aliphatic carbocycles. The normalized spacial score (nSPS) is 29.6. The van der Waals surface area contributed by atoms with Crippen molar-refractivity contribution in [2.45, 2.75) is 18.7 Å². The topological polar surface area (TPSA) is 76.7 Å². The summed E-state index contributed by atoms with van der Waals surface area (Å²) in [5, 5.41) is 5.44. The molecule has 2 aliphatic rings. The number of urea groups is 1. The van der Waals surface area contributed by atoms with Gasteiger partial charge < -0.3 is 14.8 Å². The summed E-state index contributed by atoms with van der Waals surface area (Å²) in [6.45, 7) is 1.66. The first-order valence-electron chi connectivity index (χ1n) is 6.20. The zero-order chi connectivity index (χ0) is 15.4. The lowest BCUT2D eigenvalue weighted by atomic mass is 9.80. The number of amides is 2. The maximum Gasteiger partial charge on any atom is 0.318 e. The van der Waals surface area contributed by atoms with Crippen LogP contribution < -0.4 is 15.4 Å². The van der Waals surface area contributed by atoms with Crippen molar-refractivity contribution in [2.75, 3.05) is 7.11 Å². The van der Waals surface area contributed by atoms with Gasteiger partial charge in [-0.15, -0.1) is 0 Å². The number of carbonyl (C=O) groups is 2. The molecule has 2 aliphatic heterocycles. The molecule has 8 heteroatoms. The molecule has 0 saturated carbocycles. The fourth-order valence-electron chi connectivity index (χ4n) is 2.85. The van der Waals surface area contributed by atoms with Crippen molar-refractivity contribution in [1.29, 1.82) is 0 Å². The molecule has 0 aromatic heterocycles. The Morgan fingerprint density at radius 3 is 2.81 bits per heavy atom. The van der Waals surface area contributed by atoms with E-state index in [1.54, 1.807) is 6.92 Å². The monoisotopic (exact) mass is 418 g/mol. The van der Waals surface area contributed by atoms with Crippen LogP contribution in [0.25, 0.3) is 0 Å². The Morgan fingerprint density at radius 1 is 1.43 bits per heavy atom. The Morgan fingerprint density at radius 2 is 2.14 bits per heavy atom. The molecule has 2 bridgehead atoms.